The molecule has 0 aromatic carbocycles. The fourth-order valence-corrected chi connectivity index (χ4v) is 1.42. The van der Waals surface area contributed by atoms with E-state index in [1.54, 1.807) is 0 Å². The standard InChI is InChI=1S/C8H6Cl2N2O/c1-13-8-7(10)5(2-3-11)6(9)4-12-8/h4H,2H2,1H3. The predicted molar refractivity (Wildman–Crippen MR) is 50.1 cm³/mol. The number of rotatable bonds is 2. The third-order valence-corrected chi connectivity index (χ3v) is 2.20. The Morgan fingerprint density at radius 3 is 2.85 bits per heavy atom. The molecule has 0 unspecified atom stereocenters. The van der Waals surface area contributed by atoms with E-state index in [-0.39, 0.29) is 12.3 Å². The largest absolute Gasteiger partial charge is 0.480 e. The Morgan fingerprint density at radius 2 is 2.31 bits per heavy atom. The van der Waals surface area contributed by atoms with Gasteiger partial charge in [-0.2, -0.15) is 5.26 Å². The molecule has 68 valence electrons. The quantitative estimate of drug-likeness (QED) is 0.764. The zero-order chi connectivity index (χ0) is 9.84. The second-order valence-corrected chi connectivity index (χ2v) is 3.03. The monoisotopic (exact) mass is 216 g/mol. The van der Waals surface area contributed by atoms with Gasteiger partial charge in [0, 0.05) is 11.8 Å². The Hall–Kier alpha value is -0.980. The van der Waals surface area contributed by atoms with Gasteiger partial charge in [0.15, 0.2) is 0 Å². The van der Waals surface area contributed by atoms with Crippen LogP contribution in [0.4, 0.5) is 0 Å². The topological polar surface area (TPSA) is 45.9 Å². The van der Waals surface area contributed by atoms with Gasteiger partial charge >= 0.3 is 0 Å². The van der Waals surface area contributed by atoms with E-state index in [0.717, 1.165) is 0 Å². The highest BCUT2D eigenvalue weighted by molar-refractivity contribution is 6.36. The van der Waals surface area contributed by atoms with Crippen LogP contribution in [-0.2, 0) is 6.42 Å². The molecule has 0 aliphatic rings. The lowest BCUT2D eigenvalue weighted by Crippen LogP contribution is -1.94. The van der Waals surface area contributed by atoms with Crippen LogP contribution >= 0.6 is 23.2 Å². The molecule has 1 heterocycles. The maximum absolute atomic E-state index is 8.50. The number of hydrogen-bond acceptors (Lipinski definition) is 3. The van der Waals surface area contributed by atoms with Crippen LogP contribution in [0.25, 0.3) is 0 Å². The number of nitrogens with zero attached hydrogens (tertiary/aromatic N) is 2. The molecule has 1 rings (SSSR count). The van der Waals surface area contributed by atoms with E-state index in [0.29, 0.717) is 15.6 Å². The number of aromatic nitrogens is 1. The fourth-order valence-electron chi connectivity index (χ4n) is 0.867. The first-order chi connectivity index (χ1) is 6.20. The molecular formula is C8H6Cl2N2O. The lowest BCUT2D eigenvalue weighted by atomic mass is 10.2. The van der Waals surface area contributed by atoms with E-state index in [4.69, 9.17) is 33.2 Å². The maximum Gasteiger partial charge on any atom is 0.232 e. The molecule has 0 saturated carbocycles. The first-order valence-corrected chi connectivity index (χ1v) is 4.20. The lowest BCUT2D eigenvalue weighted by molar-refractivity contribution is 0.397. The first kappa shape index (κ1) is 10.1. The lowest BCUT2D eigenvalue weighted by Gasteiger charge is -2.06. The number of nitriles is 1. The Labute approximate surface area is 85.9 Å². The van der Waals surface area contributed by atoms with Crippen LogP contribution in [0.3, 0.4) is 0 Å². The van der Waals surface area contributed by atoms with Crippen molar-refractivity contribution in [2.75, 3.05) is 7.11 Å². The van der Waals surface area contributed by atoms with Crippen molar-refractivity contribution in [2.45, 2.75) is 6.42 Å². The van der Waals surface area contributed by atoms with Crippen molar-refractivity contribution < 1.29 is 4.74 Å². The van der Waals surface area contributed by atoms with Crippen LogP contribution in [0.2, 0.25) is 10.0 Å². The van der Waals surface area contributed by atoms with Gasteiger partial charge in [0.1, 0.15) is 5.02 Å². The van der Waals surface area contributed by atoms with Crippen molar-refractivity contribution >= 4 is 23.2 Å². The SMILES string of the molecule is COc1ncc(Cl)c(CC#N)c1Cl. The summed E-state index contributed by atoms with van der Waals surface area (Å²) < 4.78 is 4.88. The highest BCUT2D eigenvalue weighted by Gasteiger charge is 2.11. The Morgan fingerprint density at radius 1 is 1.62 bits per heavy atom. The number of pyridine rings is 1. The second kappa shape index (κ2) is 4.31. The average Bonchev–Trinajstić information content (AvgIpc) is 2.12. The Kier molecular flexibility index (Phi) is 3.35. The molecule has 0 spiro atoms. The maximum atomic E-state index is 8.50. The molecule has 0 amide bonds. The van der Waals surface area contributed by atoms with Gasteiger partial charge in [-0.1, -0.05) is 23.2 Å². The van der Waals surface area contributed by atoms with Crippen molar-refractivity contribution in [2.24, 2.45) is 0 Å². The van der Waals surface area contributed by atoms with Crippen molar-refractivity contribution in [3.05, 3.63) is 21.8 Å². The van der Waals surface area contributed by atoms with E-state index in [9.17, 15) is 0 Å². The summed E-state index contributed by atoms with van der Waals surface area (Å²) in [6.07, 6.45) is 1.56. The van der Waals surface area contributed by atoms with Crippen LogP contribution in [0.5, 0.6) is 5.88 Å². The van der Waals surface area contributed by atoms with E-state index in [1.165, 1.54) is 13.3 Å². The molecule has 3 nitrogen and oxygen atoms in total. The molecule has 5 heteroatoms. The van der Waals surface area contributed by atoms with E-state index in [2.05, 4.69) is 4.98 Å². The molecule has 0 N–H and O–H groups in total. The van der Waals surface area contributed by atoms with Gasteiger partial charge < -0.3 is 4.74 Å². The predicted octanol–water partition coefficient (Wildman–Crippen LogP) is 2.46. The molecule has 0 bridgehead atoms. The van der Waals surface area contributed by atoms with Gasteiger partial charge in [-0.15, -0.1) is 0 Å². The molecule has 0 radical (unpaired) electrons. The van der Waals surface area contributed by atoms with E-state index < -0.39 is 0 Å². The van der Waals surface area contributed by atoms with Crippen LogP contribution in [0.15, 0.2) is 6.20 Å². The number of hydrogen-bond donors (Lipinski definition) is 0. The van der Waals surface area contributed by atoms with Crippen molar-refractivity contribution in [1.82, 2.24) is 4.98 Å². The highest BCUT2D eigenvalue weighted by atomic mass is 35.5. The van der Waals surface area contributed by atoms with Gasteiger partial charge in [-0.3, -0.25) is 0 Å². The van der Waals surface area contributed by atoms with Gasteiger partial charge in [-0.05, 0) is 0 Å². The third-order valence-electron chi connectivity index (χ3n) is 1.49. The van der Waals surface area contributed by atoms with Crippen LogP contribution in [-0.4, -0.2) is 12.1 Å². The summed E-state index contributed by atoms with van der Waals surface area (Å²) in [4.78, 5) is 3.84. The third kappa shape index (κ3) is 2.03. The van der Waals surface area contributed by atoms with Gasteiger partial charge in [0.05, 0.1) is 24.6 Å². The molecule has 0 aliphatic heterocycles. The number of ether oxygens (including phenoxy) is 1. The molecule has 0 fully saturated rings. The van der Waals surface area contributed by atoms with Crippen molar-refractivity contribution in [1.29, 1.82) is 5.26 Å². The fraction of sp³-hybridized carbons (Fsp3) is 0.250. The summed E-state index contributed by atoms with van der Waals surface area (Å²) in [6, 6.07) is 1.96. The molecule has 1 aromatic rings. The number of methoxy groups -OCH3 is 1. The molecule has 1 aromatic heterocycles. The Bertz CT molecular complexity index is 360. The minimum atomic E-state index is 0.149. The summed E-state index contributed by atoms with van der Waals surface area (Å²) in [7, 11) is 1.46. The zero-order valence-electron chi connectivity index (χ0n) is 6.84. The van der Waals surface area contributed by atoms with Gasteiger partial charge in [-0.25, -0.2) is 4.98 Å². The smallest absolute Gasteiger partial charge is 0.232 e. The summed E-state index contributed by atoms with van der Waals surface area (Å²) in [5, 5.41) is 9.19. The molecular weight excluding hydrogens is 211 g/mol. The van der Waals surface area contributed by atoms with E-state index >= 15 is 0 Å². The highest BCUT2D eigenvalue weighted by Crippen LogP contribution is 2.30. The average molecular weight is 217 g/mol. The van der Waals surface area contributed by atoms with E-state index in [1.807, 2.05) is 6.07 Å². The Balaban J connectivity index is 3.23. The zero-order valence-corrected chi connectivity index (χ0v) is 8.35. The second-order valence-electron chi connectivity index (χ2n) is 2.24. The van der Waals surface area contributed by atoms with Gasteiger partial charge in [0.25, 0.3) is 0 Å². The van der Waals surface area contributed by atoms with Crippen molar-refractivity contribution in [3.8, 4) is 11.9 Å². The van der Waals surface area contributed by atoms with Crippen LogP contribution < -0.4 is 4.74 Å². The summed E-state index contributed by atoms with van der Waals surface area (Å²) in [5.74, 6) is 0.288. The van der Waals surface area contributed by atoms with Crippen molar-refractivity contribution in [3.63, 3.8) is 0 Å². The normalized spacial score (nSPS) is 9.38. The molecule has 0 aliphatic carbocycles. The molecule has 0 atom stereocenters. The number of halogens is 2. The molecule has 0 saturated heterocycles. The van der Waals surface area contributed by atoms with Gasteiger partial charge in [0.2, 0.25) is 5.88 Å². The summed E-state index contributed by atoms with van der Waals surface area (Å²) in [6.45, 7) is 0. The van der Waals surface area contributed by atoms with Crippen LogP contribution in [0, 0.1) is 11.3 Å². The summed E-state index contributed by atoms with van der Waals surface area (Å²) >= 11 is 11.7. The first-order valence-electron chi connectivity index (χ1n) is 3.44. The van der Waals surface area contributed by atoms with Crippen LogP contribution in [0.1, 0.15) is 5.56 Å². The molecule has 13 heavy (non-hydrogen) atoms. The summed E-state index contributed by atoms with van der Waals surface area (Å²) in [5.41, 5.74) is 0.553. The minimum Gasteiger partial charge on any atom is -0.480 e. The minimum absolute atomic E-state index is 0.149.